The van der Waals surface area contributed by atoms with Crippen LogP contribution in [0.4, 0.5) is 0 Å². The molecule has 4 rings (SSSR count). The normalized spacial score (nSPS) is 20.6. The monoisotopic (exact) mass is 366 g/mol. The van der Waals surface area contributed by atoms with Crippen LogP contribution in [0.25, 0.3) is 0 Å². The molecule has 1 saturated heterocycles. The number of carbonyl (C=O) groups is 1. The summed E-state index contributed by atoms with van der Waals surface area (Å²) in [7, 11) is 3.36. The van der Waals surface area contributed by atoms with E-state index in [0.29, 0.717) is 11.3 Å². The lowest BCUT2D eigenvalue weighted by Gasteiger charge is -2.40. The minimum atomic E-state index is 0.0230. The second-order valence-corrected chi connectivity index (χ2v) is 7.67. The summed E-state index contributed by atoms with van der Waals surface area (Å²) in [4.78, 5) is 19.0. The molecule has 0 bridgehead atoms. The summed E-state index contributed by atoms with van der Waals surface area (Å²) in [6, 6.07) is 8.43. The molecular weight excluding hydrogens is 340 g/mol. The molecule has 27 heavy (non-hydrogen) atoms. The first-order chi connectivity index (χ1) is 13.1. The predicted molar refractivity (Wildman–Crippen MR) is 103 cm³/mol. The van der Waals surface area contributed by atoms with Crippen molar-refractivity contribution in [2.75, 3.05) is 27.3 Å². The molecule has 2 aromatic rings. The Balaban J connectivity index is 1.56. The molecule has 2 aliphatic rings. The lowest BCUT2D eigenvalue weighted by atomic mass is 9.73. The van der Waals surface area contributed by atoms with Crippen LogP contribution in [0.2, 0.25) is 0 Å². The SMILES string of the molecule is COc1cnccc1C(=O)N1CCC2(CC1)CC(OC)c1ccc(C)cc12. The average molecular weight is 366 g/mol. The van der Waals surface area contributed by atoms with Crippen molar-refractivity contribution < 1.29 is 14.3 Å². The summed E-state index contributed by atoms with van der Waals surface area (Å²) in [6.45, 7) is 3.63. The molecule has 1 fully saturated rings. The molecule has 1 atom stereocenters. The van der Waals surface area contributed by atoms with Crippen LogP contribution in [0.15, 0.2) is 36.7 Å². The van der Waals surface area contributed by atoms with Gasteiger partial charge < -0.3 is 14.4 Å². The van der Waals surface area contributed by atoms with Gasteiger partial charge in [0.25, 0.3) is 5.91 Å². The van der Waals surface area contributed by atoms with Crippen LogP contribution in [-0.2, 0) is 10.2 Å². The minimum Gasteiger partial charge on any atom is -0.494 e. The van der Waals surface area contributed by atoms with Gasteiger partial charge in [-0.25, -0.2) is 0 Å². The van der Waals surface area contributed by atoms with E-state index in [2.05, 4.69) is 30.1 Å². The summed E-state index contributed by atoms with van der Waals surface area (Å²) >= 11 is 0. The third-order valence-corrected chi connectivity index (χ3v) is 6.23. The van der Waals surface area contributed by atoms with E-state index in [1.165, 1.54) is 16.7 Å². The molecule has 1 aromatic heterocycles. The lowest BCUT2D eigenvalue weighted by Crippen LogP contribution is -2.44. The van der Waals surface area contributed by atoms with Crippen molar-refractivity contribution in [2.45, 2.75) is 37.7 Å². The van der Waals surface area contributed by atoms with E-state index in [9.17, 15) is 4.79 Å². The van der Waals surface area contributed by atoms with Gasteiger partial charge in [-0.1, -0.05) is 23.8 Å². The van der Waals surface area contributed by atoms with Gasteiger partial charge in [-0.2, -0.15) is 0 Å². The summed E-state index contributed by atoms with van der Waals surface area (Å²) in [5.41, 5.74) is 4.72. The van der Waals surface area contributed by atoms with Crippen molar-refractivity contribution in [2.24, 2.45) is 0 Å². The molecular formula is C22H26N2O3. The maximum atomic E-state index is 13.0. The fourth-order valence-electron chi connectivity index (χ4n) is 4.70. The minimum absolute atomic E-state index is 0.0230. The number of likely N-dealkylation sites (tertiary alicyclic amines) is 1. The van der Waals surface area contributed by atoms with Crippen molar-refractivity contribution in [1.29, 1.82) is 0 Å². The standard InChI is InChI=1S/C22H26N2O3/c1-15-4-5-16-18(12-15)22(13-19(16)26-2)7-10-24(11-8-22)21(25)17-6-9-23-14-20(17)27-3/h4-6,9,12,14,19H,7-8,10-11,13H2,1-3H3. The van der Waals surface area contributed by atoms with Crippen LogP contribution in [0.1, 0.15) is 52.4 Å². The second kappa shape index (κ2) is 6.97. The molecule has 5 heteroatoms. The van der Waals surface area contributed by atoms with Crippen LogP contribution >= 0.6 is 0 Å². The van der Waals surface area contributed by atoms with Gasteiger partial charge in [-0.15, -0.1) is 0 Å². The summed E-state index contributed by atoms with van der Waals surface area (Å²) in [5, 5.41) is 0. The van der Waals surface area contributed by atoms with Crippen molar-refractivity contribution in [3.63, 3.8) is 0 Å². The number of nitrogens with zero attached hydrogens (tertiary/aromatic N) is 2. The molecule has 1 aliphatic carbocycles. The summed E-state index contributed by atoms with van der Waals surface area (Å²) < 4.78 is 11.1. The van der Waals surface area contributed by atoms with Crippen LogP contribution < -0.4 is 4.74 Å². The molecule has 0 saturated carbocycles. The van der Waals surface area contributed by atoms with E-state index < -0.39 is 0 Å². The van der Waals surface area contributed by atoms with Gasteiger partial charge in [0.05, 0.1) is 25.0 Å². The molecule has 1 spiro atoms. The topological polar surface area (TPSA) is 51.7 Å². The number of piperidine rings is 1. The number of carbonyl (C=O) groups excluding carboxylic acids is 1. The van der Waals surface area contributed by atoms with Gasteiger partial charge >= 0.3 is 0 Å². The van der Waals surface area contributed by atoms with E-state index in [0.717, 1.165) is 32.4 Å². The van der Waals surface area contributed by atoms with Gasteiger partial charge in [0.1, 0.15) is 5.75 Å². The Morgan fingerprint density at radius 2 is 2.00 bits per heavy atom. The maximum absolute atomic E-state index is 13.0. The van der Waals surface area contributed by atoms with E-state index in [-0.39, 0.29) is 17.4 Å². The Bertz CT molecular complexity index is 856. The molecule has 1 aliphatic heterocycles. The second-order valence-electron chi connectivity index (χ2n) is 7.67. The van der Waals surface area contributed by atoms with Gasteiger partial charge in [0.2, 0.25) is 0 Å². The predicted octanol–water partition coefficient (Wildman–Crippen LogP) is 3.66. The van der Waals surface area contributed by atoms with Crippen molar-refractivity contribution in [1.82, 2.24) is 9.88 Å². The van der Waals surface area contributed by atoms with Gasteiger partial charge in [-0.3, -0.25) is 9.78 Å². The number of benzene rings is 1. The number of ether oxygens (including phenoxy) is 2. The number of methoxy groups -OCH3 is 2. The first kappa shape index (κ1) is 18.0. The Labute approximate surface area is 160 Å². The molecule has 142 valence electrons. The maximum Gasteiger partial charge on any atom is 0.257 e. The molecule has 2 heterocycles. The molecule has 0 radical (unpaired) electrons. The van der Waals surface area contributed by atoms with Crippen LogP contribution in [0.5, 0.6) is 5.75 Å². The number of pyridine rings is 1. The van der Waals surface area contributed by atoms with Crippen LogP contribution in [0, 0.1) is 6.92 Å². The zero-order chi connectivity index (χ0) is 19.0. The highest BCUT2D eigenvalue weighted by atomic mass is 16.5. The summed E-state index contributed by atoms with van der Waals surface area (Å²) in [5.74, 6) is 0.555. The average Bonchev–Trinajstić information content (AvgIpc) is 3.00. The number of aromatic nitrogens is 1. The number of aryl methyl sites for hydroxylation is 1. The number of fused-ring (bicyclic) bond motifs is 2. The van der Waals surface area contributed by atoms with Crippen molar-refractivity contribution in [3.05, 3.63) is 58.9 Å². The van der Waals surface area contributed by atoms with Gasteiger partial charge in [0.15, 0.2) is 0 Å². The van der Waals surface area contributed by atoms with Gasteiger partial charge in [-0.05, 0) is 43.4 Å². The number of hydrogen-bond acceptors (Lipinski definition) is 4. The Hall–Kier alpha value is -2.40. The number of rotatable bonds is 3. The van der Waals surface area contributed by atoms with Crippen molar-refractivity contribution >= 4 is 5.91 Å². The van der Waals surface area contributed by atoms with Gasteiger partial charge in [0, 0.05) is 31.8 Å². The third kappa shape index (κ3) is 3.00. The fraction of sp³-hybridized carbons (Fsp3) is 0.455. The molecule has 1 amide bonds. The number of amides is 1. The quantitative estimate of drug-likeness (QED) is 0.832. The Morgan fingerprint density at radius 3 is 2.70 bits per heavy atom. The largest absolute Gasteiger partial charge is 0.494 e. The smallest absolute Gasteiger partial charge is 0.257 e. The van der Waals surface area contributed by atoms with E-state index in [1.807, 2.05) is 4.90 Å². The number of hydrogen-bond donors (Lipinski definition) is 0. The highest BCUT2D eigenvalue weighted by Gasteiger charge is 2.46. The van der Waals surface area contributed by atoms with Crippen molar-refractivity contribution in [3.8, 4) is 5.75 Å². The molecule has 0 N–H and O–H groups in total. The zero-order valence-corrected chi connectivity index (χ0v) is 16.2. The lowest BCUT2D eigenvalue weighted by molar-refractivity contribution is 0.0556. The molecule has 5 nitrogen and oxygen atoms in total. The Kier molecular flexibility index (Phi) is 4.64. The molecule has 1 unspecified atom stereocenters. The van der Waals surface area contributed by atoms with Crippen LogP contribution in [0.3, 0.4) is 0 Å². The first-order valence-corrected chi connectivity index (χ1v) is 9.49. The first-order valence-electron chi connectivity index (χ1n) is 9.49. The van der Waals surface area contributed by atoms with E-state index in [4.69, 9.17) is 9.47 Å². The highest BCUT2D eigenvalue weighted by Crippen LogP contribution is 2.52. The summed E-state index contributed by atoms with van der Waals surface area (Å²) in [6.07, 6.45) is 6.31. The van der Waals surface area contributed by atoms with E-state index >= 15 is 0 Å². The van der Waals surface area contributed by atoms with E-state index in [1.54, 1.807) is 32.7 Å². The highest BCUT2D eigenvalue weighted by molar-refractivity contribution is 5.96. The third-order valence-electron chi connectivity index (χ3n) is 6.23. The van der Waals surface area contributed by atoms with Crippen LogP contribution in [-0.4, -0.2) is 43.1 Å². The fourth-order valence-corrected chi connectivity index (χ4v) is 4.70. The zero-order valence-electron chi connectivity index (χ0n) is 16.2. The molecule has 1 aromatic carbocycles. The Morgan fingerprint density at radius 1 is 1.22 bits per heavy atom.